The van der Waals surface area contributed by atoms with Gasteiger partial charge >= 0.3 is 0 Å². The lowest BCUT2D eigenvalue weighted by Crippen LogP contribution is -2.51. The summed E-state index contributed by atoms with van der Waals surface area (Å²) in [4.78, 5) is 28.4. The fraction of sp³-hybridized carbons (Fsp3) is 0.208. The van der Waals surface area contributed by atoms with Crippen LogP contribution in [0.25, 0.3) is 11.8 Å². The van der Waals surface area contributed by atoms with Crippen molar-refractivity contribution in [1.82, 2.24) is 19.6 Å². The lowest BCUT2D eigenvalue weighted by Gasteiger charge is -2.34. The van der Waals surface area contributed by atoms with Crippen molar-refractivity contribution in [2.75, 3.05) is 32.8 Å². The molecule has 1 fully saturated rings. The van der Waals surface area contributed by atoms with Crippen molar-refractivity contribution in [2.24, 2.45) is 0 Å². The molecule has 2 aromatic carbocycles. The molecule has 0 radical (unpaired) electrons. The van der Waals surface area contributed by atoms with Gasteiger partial charge in [-0.2, -0.15) is 5.10 Å². The first-order valence-electron chi connectivity index (χ1n) is 10.3. The van der Waals surface area contributed by atoms with Crippen molar-refractivity contribution in [3.05, 3.63) is 83.7 Å². The molecule has 2 heterocycles. The summed E-state index contributed by atoms with van der Waals surface area (Å²) in [7, 11) is 0. The van der Waals surface area contributed by atoms with Crippen molar-refractivity contribution >= 4 is 29.5 Å². The summed E-state index contributed by atoms with van der Waals surface area (Å²) in [5.41, 5.74) is 1.80. The highest BCUT2D eigenvalue weighted by Crippen LogP contribution is 2.16. The molecule has 0 unspecified atom stereocenters. The molecule has 1 saturated heterocycles. The lowest BCUT2D eigenvalue weighted by molar-refractivity contribution is -0.138. The van der Waals surface area contributed by atoms with Gasteiger partial charge < -0.3 is 14.5 Å². The van der Waals surface area contributed by atoms with Gasteiger partial charge in [-0.05, 0) is 42.5 Å². The minimum atomic E-state index is -0.101. The Kier molecular flexibility index (Phi) is 6.87. The van der Waals surface area contributed by atoms with Crippen LogP contribution < -0.4 is 4.74 Å². The highest BCUT2D eigenvalue weighted by Gasteiger charge is 2.23. The molecule has 8 heteroatoms. The highest BCUT2D eigenvalue weighted by atomic mass is 35.5. The van der Waals surface area contributed by atoms with Crippen LogP contribution in [0.3, 0.4) is 0 Å². The van der Waals surface area contributed by atoms with E-state index in [0.717, 1.165) is 11.3 Å². The van der Waals surface area contributed by atoms with Gasteiger partial charge in [-0.15, -0.1) is 0 Å². The van der Waals surface area contributed by atoms with Crippen molar-refractivity contribution in [3.63, 3.8) is 0 Å². The van der Waals surface area contributed by atoms with Crippen LogP contribution in [0.1, 0.15) is 5.56 Å². The minimum Gasteiger partial charge on any atom is -0.484 e. The third kappa shape index (κ3) is 5.56. The summed E-state index contributed by atoms with van der Waals surface area (Å²) in [6.45, 7) is 1.89. The third-order valence-corrected chi connectivity index (χ3v) is 5.41. The van der Waals surface area contributed by atoms with Crippen LogP contribution in [-0.4, -0.2) is 64.2 Å². The predicted octanol–water partition coefficient (Wildman–Crippen LogP) is 3.29. The molecular weight excluding hydrogens is 428 g/mol. The number of hydrogen-bond donors (Lipinski definition) is 0. The van der Waals surface area contributed by atoms with Gasteiger partial charge in [-0.1, -0.05) is 29.8 Å². The number of nitrogens with zero attached hydrogens (tertiary/aromatic N) is 4. The Labute approximate surface area is 191 Å². The minimum absolute atomic E-state index is 0.0408. The molecule has 0 N–H and O–H groups in total. The van der Waals surface area contributed by atoms with E-state index in [1.54, 1.807) is 57.1 Å². The van der Waals surface area contributed by atoms with E-state index in [-0.39, 0.29) is 18.4 Å². The molecule has 7 nitrogen and oxygen atoms in total. The van der Waals surface area contributed by atoms with E-state index >= 15 is 0 Å². The molecule has 1 aliphatic rings. The fourth-order valence-electron chi connectivity index (χ4n) is 3.36. The Hall–Kier alpha value is -3.58. The maximum Gasteiger partial charge on any atom is 0.260 e. The van der Waals surface area contributed by atoms with Gasteiger partial charge in [0, 0.05) is 49.0 Å². The van der Waals surface area contributed by atoms with Crippen molar-refractivity contribution in [1.29, 1.82) is 0 Å². The van der Waals surface area contributed by atoms with Crippen molar-refractivity contribution < 1.29 is 14.3 Å². The summed E-state index contributed by atoms with van der Waals surface area (Å²) in [6, 6.07) is 16.7. The van der Waals surface area contributed by atoms with E-state index < -0.39 is 0 Å². The molecule has 0 aliphatic carbocycles. The van der Waals surface area contributed by atoms with Crippen LogP contribution >= 0.6 is 11.6 Å². The van der Waals surface area contributed by atoms with Crippen LogP contribution in [0.4, 0.5) is 0 Å². The quantitative estimate of drug-likeness (QED) is 0.540. The molecule has 0 atom stereocenters. The number of benzene rings is 2. The van der Waals surface area contributed by atoms with Crippen LogP contribution in [0.15, 0.2) is 73.1 Å². The standard InChI is InChI=1S/C24H23ClN4O3/c25-20-7-9-22(10-8-20)32-18-24(31)28-14-12-27(13-15-28)23(30)11-6-19-16-26-29(17-19)21-4-2-1-3-5-21/h1-11,16-17H,12-15,18H2/b11-6+. The summed E-state index contributed by atoms with van der Waals surface area (Å²) in [5, 5.41) is 4.94. The zero-order valence-electron chi connectivity index (χ0n) is 17.4. The number of carbonyl (C=O) groups is 2. The molecule has 0 bridgehead atoms. The normalized spacial score (nSPS) is 14.0. The summed E-state index contributed by atoms with van der Waals surface area (Å²) < 4.78 is 7.29. The number of rotatable bonds is 6. The Morgan fingerprint density at radius 3 is 2.38 bits per heavy atom. The Morgan fingerprint density at radius 1 is 0.969 bits per heavy atom. The SMILES string of the molecule is O=C(/C=C/c1cnn(-c2ccccc2)c1)N1CCN(C(=O)COc2ccc(Cl)cc2)CC1. The molecule has 0 spiro atoms. The molecule has 1 aromatic heterocycles. The van der Waals surface area contributed by atoms with Gasteiger partial charge in [0.25, 0.3) is 5.91 Å². The average Bonchev–Trinajstić information content (AvgIpc) is 3.32. The second-order valence-corrected chi connectivity index (χ2v) is 7.77. The first-order chi connectivity index (χ1) is 15.6. The molecule has 3 aromatic rings. The van der Waals surface area contributed by atoms with Gasteiger partial charge in [-0.25, -0.2) is 4.68 Å². The fourth-order valence-corrected chi connectivity index (χ4v) is 3.49. The van der Waals surface area contributed by atoms with Gasteiger partial charge in [-0.3, -0.25) is 9.59 Å². The second kappa shape index (κ2) is 10.2. The van der Waals surface area contributed by atoms with Crippen molar-refractivity contribution in [3.8, 4) is 11.4 Å². The number of aromatic nitrogens is 2. The number of piperazine rings is 1. The maximum absolute atomic E-state index is 12.5. The Bertz CT molecular complexity index is 1090. The van der Waals surface area contributed by atoms with Crippen LogP contribution in [0.5, 0.6) is 5.75 Å². The predicted molar refractivity (Wildman–Crippen MR) is 123 cm³/mol. The molecule has 1 aliphatic heterocycles. The monoisotopic (exact) mass is 450 g/mol. The van der Waals surface area contributed by atoms with E-state index in [4.69, 9.17) is 16.3 Å². The number of carbonyl (C=O) groups excluding carboxylic acids is 2. The summed E-state index contributed by atoms with van der Waals surface area (Å²) in [5.74, 6) is 0.412. The van der Waals surface area contributed by atoms with E-state index in [9.17, 15) is 9.59 Å². The van der Waals surface area contributed by atoms with E-state index in [1.807, 2.05) is 36.5 Å². The average molecular weight is 451 g/mol. The summed E-state index contributed by atoms with van der Waals surface area (Å²) in [6.07, 6.45) is 6.89. The molecule has 0 saturated carbocycles. The number of halogens is 1. The number of ether oxygens (including phenoxy) is 1. The maximum atomic E-state index is 12.5. The first kappa shape index (κ1) is 21.6. The molecular formula is C24H23ClN4O3. The number of para-hydroxylation sites is 1. The second-order valence-electron chi connectivity index (χ2n) is 7.34. The van der Waals surface area contributed by atoms with Crippen LogP contribution in [0, 0.1) is 0 Å². The van der Waals surface area contributed by atoms with E-state index in [1.165, 1.54) is 0 Å². The van der Waals surface area contributed by atoms with Gasteiger partial charge in [0.05, 0.1) is 11.9 Å². The van der Waals surface area contributed by atoms with E-state index in [0.29, 0.717) is 37.0 Å². The van der Waals surface area contributed by atoms with Gasteiger partial charge in [0.1, 0.15) is 5.75 Å². The van der Waals surface area contributed by atoms with Crippen LogP contribution in [-0.2, 0) is 9.59 Å². The largest absolute Gasteiger partial charge is 0.484 e. The topological polar surface area (TPSA) is 67.7 Å². The number of hydrogen-bond acceptors (Lipinski definition) is 4. The Balaban J connectivity index is 1.24. The van der Waals surface area contributed by atoms with Crippen LogP contribution in [0.2, 0.25) is 5.02 Å². The zero-order valence-corrected chi connectivity index (χ0v) is 18.2. The number of amides is 2. The molecule has 4 rings (SSSR count). The molecule has 164 valence electrons. The molecule has 32 heavy (non-hydrogen) atoms. The highest BCUT2D eigenvalue weighted by molar-refractivity contribution is 6.30. The zero-order chi connectivity index (χ0) is 22.3. The third-order valence-electron chi connectivity index (χ3n) is 5.16. The summed E-state index contributed by atoms with van der Waals surface area (Å²) >= 11 is 5.85. The van der Waals surface area contributed by atoms with Gasteiger partial charge in [0.2, 0.25) is 5.91 Å². The smallest absolute Gasteiger partial charge is 0.260 e. The van der Waals surface area contributed by atoms with Gasteiger partial charge in [0.15, 0.2) is 6.61 Å². The van der Waals surface area contributed by atoms with Crippen molar-refractivity contribution in [2.45, 2.75) is 0 Å². The first-order valence-corrected chi connectivity index (χ1v) is 10.7. The lowest BCUT2D eigenvalue weighted by atomic mass is 10.2. The Morgan fingerprint density at radius 2 is 1.66 bits per heavy atom. The molecule has 2 amide bonds. The van der Waals surface area contributed by atoms with E-state index in [2.05, 4.69) is 5.10 Å².